The normalized spacial score (nSPS) is 13.2. The van der Waals surface area contributed by atoms with Crippen LogP contribution < -0.4 is 9.47 Å². The second-order valence-corrected chi connectivity index (χ2v) is 8.78. The van der Waals surface area contributed by atoms with Crippen molar-refractivity contribution in [3.05, 3.63) is 75.8 Å². The molecule has 0 bridgehead atoms. The van der Waals surface area contributed by atoms with E-state index in [9.17, 15) is 10.1 Å². The number of aliphatic imine (C=N–C) groups is 1. The molecule has 0 amide bonds. The second kappa shape index (κ2) is 7.74. The smallest absolute Gasteiger partial charge is 0.282 e. The number of ether oxygens (including phenoxy) is 2. The molecule has 0 fully saturated rings. The predicted octanol–water partition coefficient (Wildman–Crippen LogP) is 6.18. The van der Waals surface area contributed by atoms with E-state index in [0.717, 1.165) is 5.56 Å². The lowest BCUT2D eigenvalue weighted by atomic mass is 9.87. The summed E-state index contributed by atoms with van der Waals surface area (Å²) >= 11 is 0. The molecule has 0 saturated carbocycles. The monoisotopic (exact) mass is 443 g/mol. The van der Waals surface area contributed by atoms with Crippen LogP contribution in [-0.2, 0) is 5.41 Å². The number of hydrogen-bond donors (Lipinski definition) is 0. The van der Waals surface area contributed by atoms with E-state index in [1.54, 1.807) is 24.3 Å². The van der Waals surface area contributed by atoms with E-state index in [0.29, 0.717) is 39.7 Å². The topological polar surface area (TPSA) is 100.0 Å². The molecule has 1 aromatic heterocycles. The maximum atomic E-state index is 11.4. The van der Waals surface area contributed by atoms with Crippen LogP contribution in [0.5, 0.6) is 11.5 Å². The van der Waals surface area contributed by atoms with E-state index in [4.69, 9.17) is 13.9 Å². The van der Waals surface area contributed by atoms with Crippen molar-refractivity contribution in [3.63, 3.8) is 0 Å². The lowest BCUT2D eigenvalue weighted by Gasteiger charge is -2.18. The summed E-state index contributed by atoms with van der Waals surface area (Å²) in [6.07, 6.45) is 1.44. The number of hydrogen-bond acceptors (Lipinski definition) is 7. The summed E-state index contributed by atoms with van der Waals surface area (Å²) in [6.45, 7) is 6.54. The Morgan fingerprint density at radius 3 is 2.45 bits per heavy atom. The maximum absolute atomic E-state index is 11.4. The Kier molecular flexibility index (Phi) is 4.85. The van der Waals surface area contributed by atoms with E-state index in [1.165, 1.54) is 17.8 Å². The van der Waals surface area contributed by atoms with Crippen molar-refractivity contribution in [2.45, 2.75) is 26.2 Å². The molecule has 0 N–H and O–H groups in total. The Balaban J connectivity index is 1.44. The van der Waals surface area contributed by atoms with Gasteiger partial charge in [0, 0.05) is 11.8 Å². The van der Waals surface area contributed by atoms with Gasteiger partial charge in [-0.05, 0) is 47.4 Å². The van der Waals surface area contributed by atoms with Gasteiger partial charge in [-0.2, -0.15) is 0 Å². The number of nitro benzene ring substituents is 1. The van der Waals surface area contributed by atoms with Crippen molar-refractivity contribution in [1.29, 1.82) is 0 Å². The Labute approximate surface area is 189 Å². The molecule has 5 rings (SSSR count). The number of fused-ring (bicyclic) bond motifs is 2. The van der Waals surface area contributed by atoms with Crippen LogP contribution in [0.4, 0.5) is 11.4 Å². The van der Waals surface area contributed by atoms with Crippen molar-refractivity contribution in [2.24, 2.45) is 4.99 Å². The summed E-state index contributed by atoms with van der Waals surface area (Å²) in [6, 6.07) is 16.4. The van der Waals surface area contributed by atoms with Gasteiger partial charge in [0.2, 0.25) is 12.7 Å². The van der Waals surface area contributed by atoms with Gasteiger partial charge in [0.1, 0.15) is 5.52 Å². The third-order valence-electron chi connectivity index (χ3n) is 5.44. The van der Waals surface area contributed by atoms with Gasteiger partial charge in [0.05, 0.1) is 22.2 Å². The van der Waals surface area contributed by atoms with E-state index < -0.39 is 4.92 Å². The molecule has 4 aromatic rings. The summed E-state index contributed by atoms with van der Waals surface area (Å²) in [4.78, 5) is 20.0. The molecule has 8 nitrogen and oxygen atoms in total. The minimum atomic E-state index is -0.471. The summed E-state index contributed by atoms with van der Waals surface area (Å²) < 4.78 is 16.5. The van der Waals surface area contributed by atoms with Gasteiger partial charge in [0.25, 0.3) is 5.69 Å². The van der Waals surface area contributed by atoms with Crippen LogP contribution in [-0.4, -0.2) is 22.9 Å². The quantitative estimate of drug-likeness (QED) is 0.212. The van der Waals surface area contributed by atoms with Gasteiger partial charge < -0.3 is 13.9 Å². The average molecular weight is 443 g/mol. The number of benzene rings is 3. The standard InChI is InChI=1S/C25H21N3O5/c1-25(2,3)17-6-4-15(5-7-17)24-27-19-11-18(8-9-21(19)33-24)26-13-16-10-22-23(32-14-31-22)12-20(16)28(29)30/h4-13H,14H2,1-3H3. The highest BCUT2D eigenvalue weighted by Crippen LogP contribution is 2.37. The fourth-order valence-electron chi connectivity index (χ4n) is 3.58. The van der Waals surface area contributed by atoms with Crippen LogP contribution in [0.25, 0.3) is 22.6 Å². The molecule has 2 heterocycles. The van der Waals surface area contributed by atoms with Gasteiger partial charge in [-0.25, -0.2) is 4.98 Å². The van der Waals surface area contributed by atoms with Gasteiger partial charge in [-0.3, -0.25) is 15.1 Å². The number of nitro groups is 1. The Bertz CT molecular complexity index is 1400. The molecule has 8 heteroatoms. The van der Waals surface area contributed by atoms with Crippen molar-refractivity contribution in [1.82, 2.24) is 4.98 Å². The zero-order chi connectivity index (χ0) is 23.2. The molecule has 0 radical (unpaired) electrons. The summed E-state index contributed by atoms with van der Waals surface area (Å²) in [5.41, 5.74) is 4.29. The van der Waals surface area contributed by atoms with E-state index in [2.05, 4.69) is 42.9 Å². The molecule has 0 aliphatic carbocycles. The Hall–Kier alpha value is -4.20. The van der Waals surface area contributed by atoms with Crippen LogP contribution in [0.15, 0.2) is 64.0 Å². The van der Waals surface area contributed by atoms with Gasteiger partial charge in [-0.15, -0.1) is 0 Å². The fourth-order valence-corrected chi connectivity index (χ4v) is 3.58. The van der Waals surface area contributed by atoms with Crippen LogP contribution in [0.1, 0.15) is 31.9 Å². The molecule has 0 saturated heterocycles. The third kappa shape index (κ3) is 4.03. The SMILES string of the molecule is CC(C)(C)c1ccc(-c2nc3cc(N=Cc4cc5c(cc4[N+](=O)[O-])OCO5)ccc3o2)cc1. The molecule has 33 heavy (non-hydrogen) atoms. The average Bonchev–Trinajstić information content (AvgIpc) is 3.42. The highest BCUT2D eigenvalue weighted by molar-refractivity contribution is 5.89. The van der Waals surface area contributed by atoms with Gasteiger partial charge >= 0.3 is 0 Å². The number of aromatic nitrogens is 1. The lowest BCUT2D eigenvalue weighted by molar-refractivity contribution is -0.385. The Morgan fingerprint density at radius 1 is 1.03 bits per heavy atom. The molecule has 0 atom stereocenters. The first-order valence-electron chi connectivity index (χ1n) is 10.4. The summed E-state index contributed by atoms with van der Waals surface area (Å²) in [5.74, 6) is 1.33. The first-order chi connectivity index (χ1) is 15.8. The van der Waals surface area contributed by atoms with Crippen LogP contribution in [0.2, 0.25) is 0 Å². The van der Waals surface area contributed by atoms with E-state index in [1.807, 2.05) is 12.1 Å². The maximum Gasteiger partial charge on any atom is 0.282 e. The third-order valence-corrected chi connectivity index (χ3v) is 5.44. The predicted molar refractivity (Wildman–Crippen MR) is 125 cm³/mol. The number of rotatable bonds is 4. The van der Waals surface area contributed by atoms with Crippen molar-refractivity contribution < 1.29 is 18.8 Å². The van der Waals surface area contributed by atoms with Crippen molar-refractivity contribution in [2.75, 3.05) is 6.79 Å². The zero-order valence-corrected chi connectivity index (χ0v) is 18.4. The fraction of sp³-hybridized carbons (Fsp3) is 0.200. The van der Waals surface area contributed by atoms with Gasteiger partial charge in [-0.1, -0.05) is 32.9 Å². The lowest BCUT2D eigenvalue weighted by Crippen LogP contribution is -2.10. The minimum Gasteiger partial charge on any atom is -0.454 e. The molecule has 0 spiro atoms. The van der Waals surface area contributed by atoms with Crippen LogP contribution in [0.3, 0.4) is 0 Å². The zero-order valence-electron chi connectivity index (χ0n) is 18.4. The van der Waals surface area contributed by atoms with Gasteiger partial charge in [0.15, 0.2) is 17.1 Å². The Morgan fingerprint density at radius 2 is 1.76 bits per heavy atom. The first kappa shape index (κ1) is 20.7. The minimum absolute atomic E-state index is 0.0389. The van der Waals surface area contributed by atoms with Crippen LogP contribution in [0, 0.1) is 10.1 Å². The molecular formula is C25H21N3O5. The van der Waals surface area contributed by atoms with E-state index >= 15 is 0 Å². The molecule has 1 aliphatic heterocycles. The number of oxazole rings is 1. The second-order valence-electron chi connectivity index (χ2n) is 8.78. The highest BCUT2D eigenvalue weighted by Gasteiger charge is 2.22. The molecular weight excluding hydrogens is 422 g/mol. The summed E-state index contributed by atoms with van der Waals surface area (Å²) in [5, 5.41) is 11.4. The van der Waals surface area contributed by atoms with Crippen LogP contribution >= 0.6 is 0 Å². The molecule has 1 aliphatic rings. The molecule has 3 aromatic carbocycles. The molecule has 0 unspecified atom stereocenters. The summed E-state index contributed by atoms with van der Waals surface area (Å²) in [7, 11) is 0. The largest absolute Gasteiger partial charge is 0.454 e. The first-order valence-corrected chi connectivity index (χ1v) is 10.4. The van der Waals surface area contributed by atoms with E-state index in [-0.39, 0.29) is 17.9 Å². The molecule has 166 valence electrons. The van der Waals surface area contributed by atoms with Crippen molar-refractivity contribution >= 4 is 28.7 Å². The highest BCUT2D eigenvalue weighted by atomic mass is 16.7. The van der Waals surface area contributed by atoms with Crippen molar-refractivity contribution in [3.8, 4) is 23.0 Å². The number of nitrogens with zero attached hydrogens (tertiary/aromatic N) is 3.